The molecule has 13 heavy (non-hydrogen) atoms. The highest BCUT2D eigenvalue weighted by Gasteiger charge is 2.03. The van der Waals surface area contributed by atoms with E-state index in [4.69, 9.17) is 10.5 Å². The summed E-state index contributed by atoms with van der Waals surface area (Å²) in [6.07, 6.45) is 0. The molecular formula is C10H15NO2. The van der Waals surface area contributed by atoms with E-state index in [1.165, 1.54) is 10.4 Å². The lowest BCUT2D eigenvalue weighted by molar-refractivity contribution is 0.207. The number of benzene rings is 1. The molecule has 0 unspecified atom stereocenters. The van der Waals surface area contributed by atoms with E-state index in [0.717, 1.165) is 5.75 Å². The van der Waals surface area contributed by atoms with Crippen molar-refractivity contribution in [2.24, 2.45) is 5.73 Å². The van der Waals surface area contributed by atoms with Gasteiger partial charge in [-0.15, -0.1) is 0 Å². The summed E-state index contributed by atoms with van der Waals surface area (Å²) in [5, 5.41) is 2.62. The third-order valence-corrected chi connectivity index (χ3v) is 1.83. The predicted octanol–water partition coefficient (Wildman–Crippen LogP) is 0.887. The van der Waals surface area contributed by atoms with Crippen LogP contribution in [0, 0.1) is 10.4 Å². The first kappa shape index (κ1) is 10.0. The van der Waals surface area contributed by atoms with Crippen LogP contribution in [0.2, 0.25) is 0 Å². The van der Waals surface area contributed by atoms with Gasteiger partial charge in [-0.25, -0.2) is 0 Å². The molecule has 0 amide bonds. The number of rotatable bonds is 3. The van der Waals surface area contributed by atoms with Crippen LogP contribution in [0.1, 0.15) is 0 Å². The molecule has 2 aliphatic carbocycles. The summed E-state index contributed by atoms with van der Waals surface area (Å²) < 4.78 is 9.54. The SMILES string of the molecule is COCCN.COc1cc2ccc1=2. The summed E-state index contributed by atoms with van der Waals surface area (Å²) in [7, 11) is 3.33. The third-order valence-electron chi connectivity index (χ3n) is 1.83. The van der Waals surface area contributed by atoms with Crippen molar-refractivity contribution in [3.63, 3.8) is 0 Å². The molecule has 2 aliphatic rings. The van der Waals surface area contributed by atoms with E-state index < -0.39 is 0 Å². The van der Waals surface area contributed by atoms with Gasteiger partial charge in [0, 0.05) is 18.9 Å². The molecule has 0 saturated carbocycles. The van der Waals surface area contributed by atoms with Crippen LogP contribution >= 0.6 is 0 Å². The molecule has 2 N–H and O–H groups in total. The summed E-state index contributed by atoms with van der Waals surface area (Å²) in [5.41, 5.74) is 5.01. The molecule has 0 spiro atoms. The summed E-state index contributed by atoms with van der Waals surface area (Å²) in [4.78, 5) is 0. The Bertz CT molecular complexity index is 346. The highest BCUT2D eigenvalue weighted by Crippen LogP contribution is 2.22. The Hall–Kier alpha value is -1.06. The minimum atomic E-state index is 0.622. The van der Waals surface area contributed by atoms with Gasteiger partial charge in [0.05, 0.1) is 13.7 Å². The zero-order valence-electron chi connectivity index (χ0n) is 8.04. The van der Waals surface area contributed by atoms with Gasteiger partial charge >= 0.3 is 0 Å². The van der Waals surface area contributed by atoms with Gasteiger partial charge in [-0.2, -0.15) is 0 Å². The lowest BCUT2D eigenvalue weighted by Gasteiger charge is -2.08. The zero-order chi connectivity index (χ0) is 9.68. The molecule has 0 bridgehead atoms. The monoisotopic (exact) mass is 181 g/mol. The van der Waals surface area contributed by atoms with Crippen molar-refractivity contribution in [2.75, 3.05) is 27.4 Å². The predicted molar refractivity (Wildman–Crippen MR) is 51.6 cm³/mol. The van der Waals surface area contributed by atoms with Crippen LogP contribution in [0.5, 0.6) is 5.75 Å². The van der Waals surface area contributed by atoms with Crippen LogP contribution in [-0.4, -0.2) is 27.4 Å². The van der Waals surface area contributed by atoms with Gasteiger partial charge in [-0.3, -0.25) is 0 Å². The highest BCUT2D eigenvalue weighted by molar-refractivity contribution is 5.38. The van der Waals surface area contributed by atoms with E-state index in [-0.39, 0.29) is 0 Å². The second-order valence-electron chi connectivity index (χ2n) is 2.70. The van der Waals surface area contributed by atoms with E-state index in [0.29, 0.717) is 13.2 Å². The van der Waals surface area contributed by atoms with Crippen molar-refractivity contribution in [1.82, 2.24) is 0 Å². The van der Waals surface area contributed by atoms with E-state index in [2.05, 4.69) is 16.9 Å². The van der Waals surface area contributed by atoms with Gasteiger partial charge in [0.2, 0.25) is 0 Å². The average Bonchev–Trinajstić information content (AvgIpc) is 2.12. The van der Waals surface area contributed by atoms with Crippen LogP contribution in [0.15, 0.2) is 18.2 Å². The average molecular weight is 181 g/mol. The topological polar surface area (TPSA) is 44.5 Å². The van der Waals surface area contributed by atoms with Crippen molar-refractivity contribution in [2.45, 2.75) is 0 Å². The van der Waals surface area contributed by atoms with Crippen LogP contribution in [-0.2, 0) is 4.74 Å². The Kier molecular flexibility index (Phi) is 3.73. The fourth-order valence-corrected chi connectivity index (χ4v) is 1.04. The van der Waals surface area contributed by atoms with Gasteiger partial charge in [0.15, 0.2) is 0 Å². The second-order valence-corrected chi connectivity index (χ2v) is 2.70. The Labute approximate surface area is 77.8 Å². The van der Waals surface area contributed by atoms with E-state index in [9.17, 15) is 0 Å². The summed E-state index contributed by atoms with van der Waals surface area (Å²) in [6.45, 7) is 1.29. The molecule has 0 aliphatic heterocycles. The van der Waals surface area contributed by atoms with Gasteiger partial charge in [-0.05, 0) is 11.3 Å². The molecule has 0 radical (unpaired) electrons. The van der Waals surface area contributed by atoms with Crippen molar-refractivity contribution in [3.8, 4) is 5.75 Å². The molecule has 0 aromatic heterocycles. The normalized spacial score (nSPS) is 10.1. The zero-order valence-corrected chi connectivity index (χ0v) is 8.04. The number of ether oxygens (including phenoxy) is 2. The van der Waals surface area contributed by atoms with Crippen LogP contribution in [0.25, 0.3) is 0 Å². The number of hydrogen-bond donors (Lipinski definition) is 1. The molecule has 0 fully saturated rings. The first-order chi connectivity index (χ1) is 6.33. The van der Waals surface area contributed by atoms with Crippen molar-refractivity contribution >= 4 is 0 Å². The molecule has 2 rings (SSSR count). The third kappa shape index (κ3) is 2.20. The Morgan fingerprint density at radius 2 is 2.08 bits per heavy atom. The molecule has 0 atom stereocenters. The maximum atomic E-state index is 5.01. The van der Waals surface area contributed by atoms with E-state index in [1.807, 2.05) is 6.07 Å². The minimum Gasteiger partial charge on any atom is -0.496 e. The van der Waals surface area contributed by atoms with Gasteiger partial charge in [0.1, 0.15) is 5.75 Å². The van der Waals surface area contributed by atoms with Crippen molar-refractivity contribution in [3.05, 3.63) is 28.6 Å². The molecule has 3 heteroatoms. The molecule has 0 heterocycles. The second kappa shape index (κ2) is 4.84. The van der Waals surface area contributed by atoms with Crippen LogP contribution < -0.4 is 10.5 Å². The summed E-state index contributed by atoms with van der Waals surface area (Å²) in [5.74, 6) is 1.03. The Morgan fingerprint density at radius 1 is 1.31 bits per heavy atom. The quantitative estimate of drug-likeness (QED) is 0.764. The largest absolute Gasteiger partial charge is 0.496 e. The maximum absolute atomic E-state index is 5.01. The van der Waals surface area contributed by atoms with Crippen LogP contribution in [0.4, 0.5) is 0 Å². The van der Waals surface area contributed by atoms with Crippen LogP contribution in [0.3, 0.4) is 0 Å². The smallest absolute Gasteiger partial charge is 0.127 e. The molecular weight excluding hydrogens is 166 g/mol. The Morgan fingerprint density at radius 3 is 2.15 bits per heavy atom. The Balaban J connectivity index is 0.000000149. The first-order valence-electron chi connectivity index (χ1n) is 4.21. The molecule has 3 nitrogen and oxygen atoms in total. The van der Waals surface area contributed by atoms with Crippen molar-refractivity contribution in [1.29, 1.82) is 0 Å². The fraction of sp³-hybridized carbons (Fsp3) is 0.400. The van der Waals surface area contributed by atoms with Crippen molar-refractivity contribution < 1.29 is 9.47 Å². The van der Waals surface area contributed by atoms with E-state index in [1.54, 1.807) is 14.2 Å². The molecule has 72 valence electrons. The number of nitrogens with two attached hydrogens (primary N) is 1. The van der Waals surface area contributed by atoms with E-state index >= 15 is 0 Å². The summed E-state index contributed by atoms with van der Waals surface area (Å²) >= 11 is 0. The lowest BCUT2D eigenvalue weighted by Crippen LogP contribution is -2.05. The fourth-order valence-electron chi connectivity index (χ4n) is 1.04. The summed E-state index contributed by atoms with van der Waals surface area (Å²) in [6, 6.07) is 6.18. The number of hydrogen-bond acceptors (Lipinski definition) is 3. The molecule has 0 saturated heterocycles. The highest BCUT2D eigenvalue weighted by atomic mass is 16.5. The van der Waals surface area contributed by atoms with Gasteiger partial charge < -0.3 is 15.2 Å². The minimum absolute atomic E-state index is 0.622. The molecule has 0 aromatic carbocycles. The van der Waals surface area contributed by atoms with Gasteiger partial charge in [-0.1, -0.05) is 12.1 Å². The number of methoxy groups -OCH3 is 2. The molecule has 0 aromatic rings. The lowest BCUT2D eigenvalue weighted by atomic mass is 10.1. The standard InChI is InChI=1S/C7H6O.C3H9NO/c1-8-7-4-5-2-3-6(5)7;1-5-3-2-4/h2-4H,1H3;2-4H2,1H3. The maximum Gasteiger partial charge on any atom is 0.127 e. The first-order valence-corrected chi connectivity index (χ1v) is 4.21. The van der Waals surface area contributed by atoms with Gasteiger partial charge in [0.25, 0.3) is 0 Å².